The fourth-order valence-electron chi connectivity index (χ4n) is 3.88. The molecule has 1 aliphatic rings. The highest BCUT2D eigenvalue weighted by atomic mass is 32.1. The Labute approximate surface area is 194 Å². The second-order valence-electron chi connectivity index (χ2n) is 8.29. The standard InChI is InChI=1S/C25H28N6S/c1-15-9-10-21(11-16(15)2)29-25(32)31-24(30-23-26-17(3)12-18(4)27-23)28-22-13-19-7-5-6-8-20(19)14-22/h5-12,22H,13-14H2,1-4H3,(H3,26,27,28,29,30,31,32). The zero-order valence-electron chi connectivity index (χ0n) is 18.9. The lowest BCUT2D eigenvalue weighted by Gasteiger charge is -2.16. The highest BCUT2D eigenvalue weighted by Crippen LogP contribution is 2.24. The predicted octanol–water partition coefficient (Wildman–Crippen LogP) is 4.63. The van der Waals surface area contributed by atoms with Crippen molar-refractivity contribution in [3.8, 4) is 0 Å². The first kappa shape index (κ1) is 21.9. The molecule has 1 heterocycles. The third-order valence-electron chi connectivity index (χ3n) is 5.55. The van der Waals surface area contributed by atoms with Crippen molar-refractivity contribution in [3.05, 3.63) is 82.2 Å². The third kappa shape index (κ3) is 5.48. The van der Waals surface area contributed by atoms with Gasteiger partial charge in [0, 0.05) is 17.1 Å². The number of aryl methyl sites for hydroxylation is 4. The number of rotatable bonds is 3. The molecule has 0 spiro atoms. The van der Waals surface area contributed by atoms with Crippen LogP contribution in [0, 0.1) is 27.7 Å². The van der Waals surface area contributed by atoms with E-state index in [4.69, 9.17) is 17.2 Å². The molecule has 4 rings (SSSR count). The summed E-state index contributed by atoms with van der Waals surface area (Å²) >= 11 is 5.58. The van der Waals surface area contributed by atoms with Crippen molar-refractivity contribution in [1.82, 2.24) is 15.3 Å². The summed E-state index contributed by atoms with van der Waals surface area (Å²) in [5.41, 5.74) is 7.86. The molecule has 1 aliphatic carbocycles. The molecule has 3 aromatic rings. The van der Waals surface area contributed by atoms with E-state index in [1.807, 2.05) is 26.0 Å². The molecule has 164 valence electrons. The van der Waals surface area contributed by atoms with Crippen LogP contribution in [0.25, 0.3) is 0 Å². The van der Waals surface area contributed by atoms with Gasteiger partial charge in [0.15, 0.2) is 5.11 Å². The molecule has 0 unspecified atom stereocenters. The quantitative estimate of drug-likeness (QED) is 0.311. The normalized spacial score (nSPS) is 13.6. The number of nitrogens with zero attached hydrogens (tertiary/aromatic N) is 3. The minimum atomic E-state index is 0.123. The molecular weight excluding hydrogens is 416 g/mol. The first-order valence-corrected chi connectivity index (χ1v) is 11.2. The number of aromatic nitrogens is 2. The van der Waals surface area contributed by atoms with Gasteiger partial charge in [0.25, 0.3) is 0 Å². The van der Waals surface area contributed by atoms with Crippen molar-refractivity contribution in [3.63, 3.8) is 0 Å². The summed E-state index contributed by atoms with van der Waals surface area (Å²) in [5.74, 6) is 1.03. The smallest absolute Gasteiger partial charge is 0.229 e. The van der Waals surface area contributed by atoms with Gasteiger partial charge in [-0.2, -0.15) is 0 Å². The molecule has 0 bridgehead atoms. The number of aliphatic imine (C=N–C) groups is 1. The van der Waals surface area contributed by atoms with Crippen molar-refractivity contribution < 1.29 is 0 Å². The Hall–Kier alpha value is -3.32. The Balaban J connectivity index is 1.54. The maximum Gasteiger partial charge on any atom is 0.229 e. The van der Waals surface area contributed by atoms with Gasteiger partial charge in [-0.1, -0.05) is 30.3 Å². The zero-order chi connectivity index (χ0) is 22.7. The van der Waals surface area contributed by atoms with Gasteiger partial charge in [-0.3, -0.25) is 5.32 Å². The van der Waals surface area contributed by atoms with Gasteiger partial charge in [0.1, 0.15) is 0 Å². The summed E-state index contributed by atoms with van der Waals surface area (Å²) in [6.07, 6.45) is 1.79. The number of fused-ring (bicyclic) bond motifs is 1. The van der Waals surface area contributed by atoms with Gasteiger partial charge in [-0.05, 0) is 93.2 Å². The van der Waals surface area contributed by atoms with Crippen LogP contribution in [0.1, 0.15) is 33.6 Å². The lowest BCUT2D eigenvalue weighted by atomic mass is 10.1. The van der Waals surface area contributed by atoms with E-state index in [1.54, 1.807) is 0 Å². The maximum absolute atomic E-state index is 5.58. The first-order valence-electron chi connectivity index (χ1n) is 10.7. The summed E-state index contributed by atoms with van der Waals surface area (Å²) in [7, 11) is 0. The molecular formula is C25H28N6S. The summed E-state index contributed by atoms with van der Waals surface area (Å²) in [6, 6.07) is 16.7. The molecule has 6 nitrogen and oxygen atoms in total. The molecule has 0 atom stereocenters. The van der Waals surface area contributed by atoms with E-state index in [9.17, 15) is 0 Å². The molecule has 0 amide bonds. The Morgan fingerprint density at radius 1 is 0.875 bits per heavy atom. The molecule has 0 aliphatic heterocycles. The molecule has 1 aromatic heterocycles. The SMILES string of the molecule is Cc1cc(C)nc(NC(=NC2Cc3ccccc3C2)NC(=S)Nc2ccc(C)c(C)c2)n1. The Morgan fingerprint density at radius 3 is 2.16 bits per heavy atom. The average molecular weight is 445 g/mol. The molecule has 3 N–H and O–H groups in total. The van der Waals surface area contributed by atoms with Crippen LogP contribution in [-0.4, -0.2) is 27.1 Å². The Morgan fingerprint density at radius 2 is 1.53 bits per heavy atom. The van der Waals surface area contributed by atoms with Crippen molar-refractivity contribution in [1.29, 1.82) is 0 Å². The van der Waals surface area contributed by atoms with Gasteiger partial charge in [0.2, 0.25) is 11.9 Å². The summed E-state index contributed by atoms with van der Waals surface area (Å²) in [6.45, 7) is 8.07. The van der Waals surface area contributed by atoms with Crippen molar-refractivity contribution >= 4 is 34.9 Å². The minimum absolute atomic E-state index is 0.123. The van der Waals surface area contributed by atoms with Crippen LogP contribution < -0.4 is 16.0 Å². The van der Waals surface area contributed by atoms with E-state index in [1.165, 1.54) is 22.3 Å². The van der Waals surface area contributed by atoms with Gasteiger partial charge in [-0.15, -0.1) is 0 Å². The monoisotopic (exact) mass is 444 g/mol. The third-order valence-corrected chi connectivity index (χ3v) is 5.75. The van der Waals surface area contributed by atoms with E-state index in [2.05, 4.69) is 76.2 Å². The van der Waals surface area contributed by atoms with E-state index < -0.39 is 0 Å². The van der Waals surface area contributed by atoms with Gasteiger partial charge in [0.05, 0.1) is 6.04 Å². The second kappa shape index (κ2) is 9.44. The fourth-order valence-corrected chi connectivity index (χ4v) is 4.10. The van der Waals surface area contributed by atoms with Gasteiger partial charge in [-0.25, -0.2) is 15.0 Å². The second-order valence-corrected chi connectivity index (χ2v) is 8.69. The Bertz CT molecular complexity index is 1140. The number of anilines is 2. The largest absolute Gasteiger partial charge is 0.332 e. The van der Waals surface area contributed by atoms with Crippen molar-refractivity contribution in [2.45, 2.75) is 46.6 Å². The zero-order valence-corrected chi connectivity index (χ0v) is 19.7. The van der Waals surface area contributed by atoms with Gasteiger partial charge < -0.3 is 10.6 Å². The number of hydrogen-bond donors (Lipinski definition) is 3. The summed E-state index contributed by atoms with van der Waals surface area (Å²) in [4.78, 5) is 13.9. The molecule has 7 heteroatoms. The lowest BCUT2D eigenvalue weighted by molar-refractivity contribution is 0.720. The number of nitrogens with one attached hydrogen (secondary N) is 3. The van der Waals surface area contributed by atoms with Crippen LogP contribution in [0.4, 0.5) is 11.6 Å². The van der Waals surface area contributed by atoms with E-state index in [-0.39, 0.29) is 6.04 Å². The minimum Gasteiger partial charge on any atom is -0.332 e. The van der Waals surface area contributed by atoms with Crippen LogP contribution in [-0.2, 0) is 12.8 Å². The number of benzene rings is 2. The molecule has 0 fully saturated rings. The van der Waals surface area contributed by atoms with Crippen molar-refractivity contribution in [2.75, 3.05) is 10.6 Å². The highest BCUT2D eigenvalue weighted by Gasteiger charge is 2.21. The maximum atomic E-state index is 5.58. The fraction of sp³-hybridized carbons (Fsp3) is 0.280. The predicted molar refractivity (Wildman–Crippen MR) is 135 cm³/mol. The molecule has 0 saturated carbocycles. The van der Waals surface area contributed by atoms with Gasteiger partial charge >= 0.3 is 0 Å². The lowest BCUT2D eigenvalue weighted by Crippen LogP contribution is -2.40. The molecule has 0 radical (unpaired) electrons. The first-order chi connectivity index (χ1) is 15.4. The highest BCUT2D eigenvalue weighted by molar-refractivity contribution is 7.80. The van der Waals surface area contributed by atoms with Crippen LogP contribution >= 0.6 is 12.2 Å². The Kier molecular flexibility index (Phi) is 6.46. The molecule has 2 aromatic carbocycles. The topological polar surface area (TPSA) is 74.2 Å². The van der Waals surface area contributed by atoms with E-state index in [0.717, 1.165) is 29.9 Å². The number of guanidine groups is 1. The van der Waals surface area contributed by atoms with Crippen molar-refractivity contribution in [2.24, 2.45) is 4.99 Å². The number of hydrogen-bond acceptors (Lipinski definition) is 4. The van der Waals surface area contributed by atoms with Crippen LogP contribution in [0.2, 0.25) is 0 Å². The average Bonchev–Trinajstić information content (AvgIpc) is 3.12. The van der Waals surface area contributed by atoms with Crippen LogP contribution in [0.15, 0.2) is 53.5 Å². The van der Waals surface area contributed by atoms with E-state index in [0.29, 0.717) is 17.0 Å². The summed E-state index contributed by atoms with van der Waals surface area (Å²) < 4.78 is 0. The number of thiocarbonyl (C=S) groups is 1. The molecule has 32 heavy (non-hydrogen) atoms. The molecule has 0 saturated heterocycles. The van der Waals surface area contributed by atoms with Crippen LogP contribution in [0.5, 0.6) is 0 Å². The van der Waals surface area contributed by atoms with Crippen LogP contribution in [0.3, 0.4) is 0 Å². The van der Waals surface area contributed by atoms with E-state index >= 15 is 0 Å². The summed E-state index contributed by atoms with van der Waals surface area (Å²) in [5, 5.41) is 10.2.